The molecule has 0 unspecified atom stereocenters. The summed E-state index contributed by atoms with van der Waals surface area (Å²) in [4.78, 5) is 8.24. The number of aromatic nitrogens is 2. The van der Waals surface area contributed by atoms with Crippen LogP contribution < -0.4 is 0 Å². The fourth-order valence-corrected chi connectivity index (χ4v) is 2.19. The van der Waals surface area contributed by atoms with Gasteiger partial charge in [-0.2, -0.15) is 0 Å². The van der Waals surface area contributed by atoms with Gasteiger partial charge in [0.1, 0.15) is 0 Å². The molecule has 2 aromatic rings. The topological polar surface area (TPSA) is 30.2 Å². The lowest BCUT2D eigenvalue weighted by Crippen LogP contribution is -2.03. The molecule has 0 N–H and O–H groups in total. The molecule has 0 aliphatic carbocycles. The molecule has 20 heavy (non-hydrogen) atoms. The van der Waals surface area contributed by atoms with Crippen LogP contribution in [0.4, 0.5) is 0 Å². The van der Waals surface area contributed by atoms with Crippen LogP contribution in [0.5, 0.6) is 0 Å². The number of pyridine rings is 1. The lowest BCUT2D eigenvalue weighted by molar-refractivity contribution is 0.794. The highest BCUT2D eigenvalue weighted by molar-refractivity contribution is 5.78. The molecule has 0 radical (unpaired) electrons. The maximum Gasteiger partial charge on any atom is 0.0592 e. The maximum absolute atomic E-state index is 4.19. The normalized spacial score (nSPS) is 10.8. The highest BCUT2D eigenvalue weighted by Gasteiger charge is 2.05. The minimum absolute atomic E-state index is 0.949. The summed E-state index contributed by atoms with van der Waals surface area (Å²) in [7, 11) is 2.05. The van der Waals surface area contributed by atoms with E-state index in [1.54, 1.807) is 12.4 Å². The van der Waals surface area contributed by atoms with Crippen molar-refractivity contribution in [3.8, 4) is 0 Å². The van der Waals surface area contributed by atoms with Crippen LogP contribution in [0.25, 0.3) is 6.08 Å². The molecule has 0 amide bonds. The van der Waals surface area contributed by atoms with Crippen molar-refractivity contribution in [1.29, 1.82) is 0 Å². The number of aryl methyl sites for hydroxylation is 2. The van der Waals surface area contributed by atoms with E-state index in [1.165, 1.54) is 11.3 Å². The van der Waals surface area contributed by atoms with E-state index in [0.29, 0.717) is 0 Å². The number of rotatable bonds is 6. The van der Waals surface area contributed by atoms with Crippen molar-refractivity contribution < 1.29 is 0 Å². The average molecular weight is 265 g/mol. The predicted octanol–water partition coefficient (Wildman–Crippen LogP) is 3.41. The lowest BCUT2D eigenvalue weighted by atomic mass is 10.0. The second-order valence-corrected chi connectivity index (χ2v) is 4.55. The maximum atomic E-state index is 4.19. The molecule has 2 aromatic heterocycles. The van der Waals surface area contributed by atoms with Gasteiger partial charge in [-0.15, -0.1) is 0 Å². The van der Waals surface area contributed by atoms with Crippen LogP contribution in [0.3, 0.4) is 0 Å². The summed E-state index contributed by atoms with van der Waals surface area (Å²) in [5, 5.41) is 0. The second-order valence-electron chi connectivity index (χ2n) is 4.55. The van der Waals surface area contributed by atoms with E-state index in [2.05, 4.69) is 46.9 Å². The van der Waals surface area contributed by atoms with Crippen LogP contribution in [0.1, 0.15) is 22.5 Å². The Morgan fingerprint density at radius 1 is 1.25 bits per heavy atom. The Bertz CT molecular complexity index is 635. The molecule has 0 aromatic carbocycles. The van der Waals surface area contributed by atoms with E-state index >= 15 is 0 Å². The van der Waals surface area contributed by atoms with E-state index in [4.69, 9.17) is 0 Å². The third kappa shape index (κ3) is 3.12. The second kappa shape index (κ2) is 6.66. The van der Waals surface area contributed by atoms with Gasteiger partial charge in [0.15, 0.2) is 0 Å². The van der Waals surface area contributed by atoms with Gasteiger partial charge in [0.2, 0.25) is 0 Å². The molecule has 2 rings (SSSR count). The summed E-state index contributed by atoms with van der Waals surface area (Å²) in [5.74, 6) is 0. The summed E-state index contributed by atoms with van der Waals surface area (Å²) in [6.45, 7) is 7.43. The number of hydrogen-bond acceptors (Lipinski definition) is 2. The largest absolute Gasteiger partial charge is 0.347 e. The summed E-state index contributed by atoms with van der Waals surface area (Å²) in [6.07, 6.45) is 10.9. The highest BCUT2D eigenvalue weighted by atomic mass is 15.0. The summed E-state index contributed by atoms with van der Waals surface area (Å²) < 4.78 is 2.15. The fourth-order valence-electron chi connectivity index (χ4n) is 2.19. The van der Waals surface area contributed by atoms with E-state index < -0.39 is 0 Å². The van der Waals surface area contributed by atoms with Gasteiger partial charge in [0.25, 0.3) is 0 Å². The standard InChI is InChI=1S/C17H19N3/c1-4-14-10-11-19-12-15(14)6-7-16-8-9-17(20(16)3)13-18-5-2/h4-5,8-13H,1-2,6-7H2,3H3/b18-13-. The smallest absolute Gasteiger partial charge is 0.0592 e. The number of nitrogens with zero attached hydrogens (tertiary/aromatic N) is 3. The molecular formula is C17H19N3. The first-order chi connectivity index (χ1) is 9.76. The van der Waals surface area contributed by atoms with E-state index in [9.17, 15) is 0 Å². The van der Waals surface area contributed by atoms with Crippen LogP contribution in [0.15, 0.2) is 54.9 Å². The molecule has 2 heterocycles. The molecule has 3 heteroatoms. The average Bonchev–Trinajstić information content (AvgIpc) is 2.83. The Morgan fingerprint density at radius 2 is 2.10 bits per heavy atom. The zero-order valence-corrected chi connectivity index (χ0v) is 11.8. The summed E-state index contributed by atoms with van der Waals surface area (Å²) in [6, 6.07) is 6.20. The van der Waals surface area contributed by atoms with Gasteiger partial charge in [-0.1, -0.05) is 19.2 Å². The Morgan fingerprint density at radius 3 is 2.85 bits per heavy atom. The third-order valence-electron chi connectivity index (χ3n) is 3.39. The van der Waals surface area contributed by atoms with Crippen molar-refractivity contribution in [1.82, 2.24) is 9.55 Å². The Kier molecular flexibility index (Phi) is 4.66. The van der Waals surface area contributed by atoms with Crippen molar-refractivity contribution in [2.75, 3.05) is 0 Å². The van der Waals surface area contributed by atoms with Crippen molar-refractivity contribution in [2.24, 2.45) is 12.0 Å². The van der Waals surface area contributed by atoms with Crippen molar-refractivity contribution >= 4 is 12.3 Å². The molecule has 0 atom stereocenters. The predicted molar refractivity (Wildman–Crippen MR) is 84.9 cm³/mol. The van der Waals surface area contributed by atoms with Gasteiger partial charge in [-0.3, -0.25) is 9.98 Å². The lowest BCUT2D eigenvalue weighted by Gasteiger charge is -2.07. The van der Waals surface area contributed by atoms with Gasteiger partial charge < -0.3 is 4.57 Å². The quantitative estimate of drug-likeness (QED) is 0.736. The fraction of sp³-hybridized carbons (Fsp3) is 0.176. The van der Waals surface area contributed by atoms with Gasteiger partial charge >= 0.3 is 0 Å². The minimum Gasteiger partial charge on any atom is -0.347 e. The molecule has 3 nitrogen and oxygen atoms in total. The Labute approximate surface area is 120 Å². The molecule has 0 saturated carbocycles. The Hall–Kier alpha value is -2.42. The van der Waals surface area contributed by atoms with Gasteiger partial charge in [-0.25, -0.2) is 0 Å². The Balaban J connectivity index is 2.11. The van der Waals surface area contributed by atoms with Crippen LogP contribution in [-0.2, 0) is 19.9 Å². The molecule has 102 valence electrons. The first kappa shape index (κ1) is 14.0. The van der Waals surface area contributed by atoms with Gasteiger partial charge in [0, 0.05) is 31.3 Å². The van der Waals surface area contributed by atoms with Gasteiger partial charge in [0.05, 0.1) is 11.9 Å². The van der Waals surface area contributed by atoms with Crippen LogP contribution in [-0.4, -0.2) is 15.8 Å². The summed E-state index contributed by atoms with van der Waals surface area (Å²) in [5.41, 5.74) is 4.73. The highest BCUT2D eigenvalue weighted by Crippen LogP contribution is 2.13. The van der Waals surface area contributed by atoms with Crippen LogP contribution in [0.2, 0.25) is 0 Å². The third-order valence-corrected chi connectivity index (χ3v) is 3.39. The summed E-state index contributed by atoms with van der Waals surface area (Å²) >= 11 is 0. The molecule has 0 saturated heterocycles. The molecule has 0 bridgehead atoms. The van der Waals surface area contributed by atoms with Crippen LogP contribution in [0, 0.1) is 0 Å². The SMILES string of the molecule is C=C/N=C\c1ccc(CCc2cnccc2C=C)n1C. The number of hydrogen-bond donors (Lipinski definition) is 0. The first-order valence-electron chi connectivity index (χ1n) is 6.60. The van der Waals surface area contributed by atoms with Crippen molar-refractivity contribution in [3.63, 3.8) is 0 Å². The van der Waals surface area contributed by atoms with Gasteiger partial charge in [-0.05, 0) is 42.2 Å². The van der Waals surface area contributed by atoms with Crippen molar-refractivity contribution in [2.45, 2.75) is 12.8 Å². The van der Waals surface area contributed by atoms with E-state index in [0.717, 1.165) is 24.1 Å². The molecule has 0 spiro atoms. The monoisotopic (exact) mass is 265 g/mol. The molecule has 0 aliphatic rings. The van der Waals surface area contributed by atoms with E-state index in [1.807, 2.05) is 24.6 Å². The van der Waals surface area contributed by atoms with Crippen molar-refractivity contribution in [3.05, 3.63) is 72.5 Å². The molecular weight excluding hydrogens is 246 g/mol. The first-order valence-corrected chi connectivity index (χ1v) is 6.60. The molecule has 0 aliphatic heterocycles. The number of aliphatic imine (C=N–C) groups is 1. The minimum atomic E-state index is 0.949. The zero-order valence-electron chi connectivity index (χ0n) is 11.8. The zero-order chi connectivity index (χ0) is 14.4. The molecule has 0 fully saturated rings. The van der Waals surface area contributed by atoms with E-state index in [-0.39, 0.29) is 0 Å². The van der Waals surface area contributed by atoms with Crippen LogP contribution >= 0.6 is 0 Å².